The Morgan fingerprint density at radius 1 is 0.635 bits per heavy atom. The van der Waals surface area contributed by atoms with Crippen molar-refractivity contribution in [1.82, 2.24) is 30.0 Å². The number of fused-ring (bicyclic) bond motifs is 4. The second-order valence-electron chi connectivity index (χ2n) is 18.0. The second-order valence-corrected chi connectivity index (χ2v) is 18.0. The molecule has 6 aromatic rings. The predicted octanol–water partition coefficient (Wildman–Crippen LogP) is 9.14. The van der Waals surface area contributed by atoms with E-state index in [-0.39, 0.29) is 11.8 Å². The van der Waals surface area contributed by atoms with Crippen molar-refractivity contribution < 1.29 is 28.6 Å². The fraction of sp³-hybridized carbons (Fsp3) is 0.392. The standard InChI is InChI=1S/C28H33N3O4.C23H25N3O2/c1-28(2,3)35-27(33)31-23-11-10-21(34-15-14-30-12-5-4-6-13-30)16-20(23)17-24(31)22-9-7-8-19-18-29-26(32)25(19)22;27-23-22-16(15-24-23)5-4-6-19(22)21-14-17-13-18(7-8-20(17)25-21)28-12-11-26-9-2-1-3-10-26/h7-11,16-17H,4-6,12-15,18H2,1-3H3,(H,29,32);4-8,13-14,25H,1-3,9-12,15H2,(H,24,27). The van der Waals surface area contributed by atoms with Gasteiger partial charge in [-0.15, -0.1) is 0 Å². The summed E-state index contributed by atoms with van der Waals surface area (Å²) in [5.74, 6) is 1.54. The van der Waals surface area contributed by atoms with E-state index in [2.05, 4.69) is 43.6 Å². The number of benzene rings is 4. The fourth-order valence-corrected chi connectivity index (χ4v) is 9.28. The van der Waals surface area contributed by atoms with Crippen molar-refractivity contribution in [2.24, 2.45) is 0 Å². The minimum absolute atomic E-state index is 0.00555. The SMILES string of the molecule is CC(C)(C)OC(=O)n1c(-c2cccc3c2C(=O)NC3)cc2cc(OCCN3CCCCC3)ccc21.O=C1NCc2cccc(-c3cc4cc(OCCN5CCCCC5)ccc4[nH]3)c21. The topological polar surface area (TPSA) is 130 Å². The number of aromatic nitrogens is 2. The molecule has 328 valence electrons. The molecule has 0 aliphatic carbocycles. The Bertz CT molecular complexity index is 2640. The molecule has 0 spiro atoms. The first-order valence-corrected chi connectivity index (χ1v) is 22.6. The summed E-state index contributed by atoms with van der Waals surface area (Å²) in [6.07, 6.45) is 7.33. The van der Waals surface area contributed by atoms with E-state index < -0.39 is 11.7 Å². The van der Waals surface area contributed by atoms with Crippen molar-refractivity contribution in [1.29, 1.82) is 0 Å². The van der Waals surface area contributed by atoms with Gasteiger partial charge in [0, 0.05) is 59.3 Å². The van der Waals surface area contributed by atoms with Gasteiger partial charge < -0.3 is 29.8 Å². The van der Waals surface area contributed by atoms with E-state index in [1.165, 1.54) is 51.6 Å². The van der Waals surface area contributed by atoms with Crippen LogP contribution in [0.25, 0.3) is 44.3 Å². The van der Waals surface area contributed by atoms with Crippen LogP contribution >= 0.6 is 0 Å². The van der Waals surface area contributed by atoms with E-state index in [1.807, 2.05) is 87.5 Å². The van der Waals surface area contributed by atoms with E-state index in [1.54, 1.807) is 4.57 Å². The van der Waals surface area contributed by atoms with E-state index >= 15 is 0 Å². The third-order valence-corrected chi connectivity index (χ3v) is 12.4. The summed E-state index contributed by atoms with van der Waals surface area (Å²) in [5, 5.41) is 7.76. The Hall–Kier alpha value is -6.11. The number of hydrogen-bond acceptors (Lipinski definition) is 8. The summed E-state index contributed by atoms with van der Waals surface area (Å²) in [5.41, 5.74) is 7.76. The van der Waals surface area contributed by atoms with Crippen LogP contribution in [0.2, 0.25) is 0 Å². The first kappa shape index (κ1) is 42.2. The molecule has 63 heavy (non-hydrogen) atoms. The Balaban J connectivity index is 0.000000164. The van der Waals surface area contributed by atoms with Gasteiger partial charge in [-0.05, 0) is 132 Å². The lowest BCUT2D eigenvalue weighted by molar-refractivity contribution is 0.0546. The van der Waals surface area contributed by atoms with Crippen LogP contribution in [-0.2, 0) is 17.8 Å². The number of nitrogens with zero attached hydrogens (tertiary/aromatic N) is 3. The highest BCUT2D eigenvalue weighted by atomic mass is 16.6. The van der Waals surface area contributed by atoms with Gasteiger partial charge in [0.05, 0.1) is 22.3 Å². The van der Waals surface area contributed by atoms with Gasteiger partial charge in [0.25, 0.3) is 11.8 Å². The van der Waals surface area contributed by atoms with Crippen LogP contribution in [0, 0.1) is 0 Å². The van der Waals surface area contributed by atoms with Gasteiger partial charge in [-0.2, -0.15) is 0 Å². The minimum atomic E-state index is -0.654. The molecule has 4 aliphatic heterocycles. The first-order chi connectivity index (χ1) is 30.6. The summed E-state index contributed by atoms with van der Waals surface area (Å²) in [4.78, 5) is 46.6. The van der Waals surface area contributed by atoms with Crippen LogP contribution in [-0.4, -0.2) is 95.3 Å². The van der Waals surface area contributed by atoms with Crippen molar-refractivity contribution >= 4 is 39.7 Å². The van der Waals surface area contributed by atoms with Gasteiger partial charge in [-0.3, -0.25) is 19.4 Å². The normalized spacial score (nSPS) is 16.6. The summed E-state index contributed by atoms with van der Waals surface area (Å²) < 4.78 is 19.4. The molecule has 10 rings (SSSR count). The van der Waals surface area contributed by atoms with Gasteiger partial charge in [0.15, 0.2) is 0 Å². The number of carbonyl (C=O) groups is 3. The molecule has 0 unspecified atom stereocenters. The van der Waals surface area contributed by atoms with Crippen molar-refractivity contribution in [2.45, 2.75) is 78.0 Å². The Morgan fingerprint density at radius 3 is 1.79 bits per heavy atom. The lowest BCUT2D eigenvalue weighted by Crippen LogP contribution is -2.33. The minimum Gasteiger partial charge on any atom is -0.492 e. The molecule has 4 aromatic carbocycles. The Morgan fingerprint density at radius 2 is 1.19 bits per heavy atom. The molecule has 4 aliphatic rings. The molecule has 2 saturated heterocycles. The molecule has 0 atom stereocenters. The maximum atomic E-state index is 13.3. The largest absolute Gasteiger partial charge is 0.492 e. The number of nitrogens with one attached hydrogen (secondary N) is 3. The number of ether oxygens (including phenoxy) is 3. The third kappa shape index (κ3) is 9.47. The fourth-order valence-electron chi connectivity index (χ4n) is 9.28. The highest BCUT2D eigenvalue weighted by molar-refractivity contribution is 6.07. The number of amides is 2. The molecule has 12 heteroatoms. The van der Waals surface area contributed by atoms with Gasteiger partial charge in [-0.1, -0.05) is 49.2 Å². The molecular formula is C51H58N6O6. The van der Waals surface area contributed by atoms with Gasteiger partial charge >= 0.3 is 6.09 Å². The average molecular weight is 851 g/mol. The van der Waals surface area contributed by atoms with E-state index in [4.69, 9.17) is 14.2 Å². The maximum Gasteiger partial charge on any atom is 0.419 e. The number of piperidine rings is 2. The van der Waals surface area contributed by atoms with Gasteiger partial charge in [0.1, 0.15) is 30.3 Å². The summed E-state index contributed by atoms with van der Waals surface area (Å²) >= 11 is 0. The van der Waals surface area contributed by atoms with Crippen LogP contribution in [0.3, 0.4) is 0 Å². The molecule has 6 heterocycles. The number of rotatable bonds is 10. The molecule has 12 nitrogen and oxygen atoms in total. The number of H-pyrrole nitrogens is 1. The molecule has 2 fully saturated rings. The zero-order valence-corrected chi connectivity index (χ0v) is 36.7. The predicted molar refractivity (Wildman–Crippen MR) is 247 cm³/mol. The van der Waals surface area contributed by atoms with Crippen molar-refractivity contribution in [2.75, 3.05) is 52.5 Å². The van der Waals surface area contributed by atoms with Gasteiger partial charge in [-0.25, -0.2) is 9.36 Å². The Kier molecular flexibility index (Phi) is 12.3. The summed E-state index contributed by atoms with van der Waals surface area (Å²) in [6.45, 7) is 14.5. The molecule has 2 aromatic heterocycles. The number of aromatic amines is 1. The summed E-state index contributed by atoms with van der Waals surface area (Å²) in [6, 6.07) is 27.7. The zero-order chi connectivity index (χ0) is 43.5. The van der Waals surface area contributed by atoms with Gasteiger partial charge in [0.2, 0.25) is 0 Å². The van der Waals surface area contributed by atoms with Crippen molar-refractivity contribution in [3.05, 3.63) is 107 Å². The number of carbonyl (C=O) groups excluding carboxylic acids is 3. The van der Waals surface area contributed by atoms with E-state index in [0.29, 0.717) is 42.0 Å². The maximum absolute atomic E-state index is 13.3. The summed E-state index contributed by atoms with van der Waals surface area (Å²) in [7, 11) is 0. The van der Waals surface area contributed by atoms with Crippen LogP contribution in [0.5, 0.6) is 11.5 Å². The molecule has 3 N–H and O–H groups in total. The van der Waals surface area contributed by atoms with Crippen molar-refractivity contribution in [3.8, 4) is 34.0 Å². The zero-order valence-electron chi connectivity index (χ0n) is 36.7. The number of hydrogen-bond donors (Lipinski definition) is 3. The van der Waals surface area contributed by atoms with Crippen molar-refractivity contribution in [3.63, 3.8) is 0 Å². The van der Waals surface area contributed by atoms with Crippen LogP contribution in [0.15, 0.2) is 84.9 Å². The molecule has 2 amide bonds. The molecule has 0 radical (unpaired) electrons. The Labute approximate surface area is 368 Å². The lowest BCUT2D eigenvalue weighted by Gasteiger charge is -2.26. The average Bonchev–Trinajstić information content (AvgIpc) is 4.08. The highest BCUT2D eigenvalue weighted by Crippen LogP contribution is 2.36. The molecule has 0 bridgehead atoms. The monoisotopic (exact) mass is 850 g/mol. The van der Waals surface area contributed by atoms with Crippen LogP contribution in [0.1, 0.15) is 91.1 Å². The highest BCUT2D eigenvalue weighted by Gasteiger charge is 2.29. The van der Waals surface area contributed by atoms with E-state index in [9.17, 15) is 14.4 Å². The van der Waals surface area contributed by atoms with E-state index in [0.717, 1.165) is 88.5 Å². The second kappa shape index (κ2) is 18.3. The van der Waals surface area contributed by atoms with Crippen LogP contribution < -0.4 is 20.1 Å². The lowest BCUT2D eigenvalue weighted by atomic mass is 10.0. The third-order valence-electron chi connectivity index (χ3n) is 12.4. The smallest absolute Gasteiger partial charge is 0.419 e. The first-order valence-electron chi connectivity index (χ1n) is 22.6. The quantitative estimate of drug-likeness (QED) is 0.125. The molecular weight excluding hydrogens is 793 g/mol. The van der Waals surface area contributed by atoms with Crippen LogP contribution in [0.4, 0.5) is 4.79 Å². The molecule has 0 saturated carbocycles. The number of likely N-dealkylation sites (tertiary alicyclic amines) is 2.